The number of nitro benzene ring substituents is 1. The maximum Gasteiger partial charge on any atom is 0.311 e. The lowest BCUT2D eigenvalue weighted by molar-refractivity contribution is -0.385. The topological polar surface area (TPSA) is 99.3 Å². The third-order valence-electron chi connectivity index (χ3n) is 4.34. The molecule has 0 bridgehead atoms. The second-order valence-corrected chi connectivity index (χ2v) is 7.93. The Morgan fingerprint density at radius 2 is 2.03 bits per heavy atom. The van der Waals surface area contributed by atoms with E-state index in [4.69, 9.17) is 17.0 Å². The van der Waals surface area contributed by atoms with E-state index in [1.807, 2.05) is 30.3 Å². The van der Waals surface area contributed by atoms with Crippen molar-refractivity contribution in [2.75, 3.05) is 7.11 Å². The van der Waals surface area contributed by atoms with Gasteiger partial charge in [0.1, 0.15) is 10.0 Å². The molecule has 3 aromatic rings. The van der Waals surface area contributed by atoms with Crippen LogP contribution < -0.4 is 10.1 Å². The molecule has 1 N–H and O–H groups in total. The first kappa shape index (κ1) is 19.8. The number of methoxy groups -OCH3 is 1. The molecule has 0 spiro atoms. The molecule has 0 radical (unpaired) electrons. The molecule has 0 aliphatic carbocycles. The molecule has 1 saturated heterocycles. The highest BCUT2D eigenvalue weighted by Crippen LogP contribution is 2.35. The Bertz CT molecular complexity index is 1200. The number of nitrogens with zero attached hydrogens (tertiary/aromatic N) is 3. The molecule has 0 unspecified atom stereocenters. The number of ether oxygens (including phenoxy) is 1. The number of amides is 1. The second kappa shape index (κ2) is 8.09. The van der Waals surface area contributed by atoms with Gasteiger partial charge < -0.3 is 10.1 Å². The van der Waals surface area contributed by atoms with Crippen LogP contribution in [0.2, 0.25) is 0 Å². The lowest BCUT2D eigenvalue weighted by Crippen LogP contribution is -2.17. The molecule has 150 valence electrons. The second-order valence-electron chi connectivity index (χ2n) is 6.21. The van der Waals surface area contributed by atoms with E-state index in [0.29, 0.717) is 26.0 Å². The van der Waals surface area contributed by atoms with Gasteiger partial charge in [0.05, 0.1) is 22.6 Å². The molecule has 0 saturated carbocycles. The fourth-order valence-electron chi connectivity index (χ4n) is 2.97. The van der Waals surface area contributed by atoms with E-state index in [1.54, 1.807) is 23.0 Å². The van der Waals surface area contributed by atoms with Gasteiger partial charge in [-0.25, -0.2) is 4.68 Å². The predicted molar refractivity (Wildman–Crippen MR) is 119 cm³/mol. The van der Waals surface area contributed by atoms with E-state index in [2.05, 4.69) is 10.4 Å². The summed E-state index contributed by atoms with van der Waals surface area (Å²) in [6, 6.07) is 14.1. The number of hydrogen-bond donors (Lipinski definition) is 1. The molecular formula is C20H14N4O4S2. The number of carbonyl (C=O) groups is 1. The van der Waals surface area contributed by atoms with Gasteiger partial charge in [0.15, 0.2) is 5.75 Å². The molecule has 2 aromatic carbocycles. The first-order valence-electron chi connectivity index (χ1n) is 8.69. The van der Waals surface area contributed by atoms with Crippen molar-refractivity contribution in [1.29, 1.82) is 0 Å². The van der Waals surface area contributed by atoms with Crippen LogP contribution in [0.1, 0.15) is 5.56 Å². The van der Waals surface area contributed by atoms with Crippen molar-refractivity contribution in [2.24, 2.45) is 0 Å². The van der Waals surface area contributed by atoms with Crippen molar-refractivity contribution < 1.29 is 14.5 Å². The van der Waals surface area contributed by atoms with Crippen LogP contribution in [0.5, 0.6) is 5.75 Å². The van der Waals surface area contributed by atoms with E-state index in [-0.39, 0.29) is 17.3 Å². The van der Waals surface area contributed by atoms with Gasteiger partial charge in [0, 0.05) is 23.4 Å². The first-order valence-corrected chi connectivity index (χ1v) is 9.91. The van der Waals surface area contributed by atoms with Crippen LogP contribution in [-0.4, -0.2) is 32.0 Å². The Labute approximate surface area is 180 Å². The molecule has 2 heterocycles. The first-order chi connectivity index (χ1) is 14.5. The monoisotopic (exact) mass is 438 g/mol. The summed E-state index contributed by atoms with van der Waals surface area (Å²) in [5.74, 6) is -0.133. The molecule has 1 aromatic heterocycles. The van der Waals surface area contributed by atoms with Crippen LogP contribution in [0.3, 0.4) is 0 Å². The fourth-order valence-corrected chi connectivity index (χ4v) is 4.01. The third-order valence-corrected chi connectivity index (χ3v) is 5.50. The lowest BCUT2D eigenvalue weighted by atomic mass is 10.1. The molecular weight excluding hydrogens is 424 g/mol. The molecule has 1 aliphatic heterocycles. The standard InChI is InChI=1S/C20H14N4O4S2/c1-28-16-8-7-12(9-15(16)24(26)27)18-13(10-17-19(25)21-20(29)30-17)11-23(22-18)14-5-3-2-4-6-14/h2-11H,1H3,(H,21,25,29)/b17-10+. The van der Waals surface area contributed by atoms with Crippen molar-refractivity contribution in [3.63, 3.8) is 0 Å². The smallest absolute Gasteiger partial charge is 0.311 e. The van der Waals surface area contributed by atoms with Gasteiger partial charge in [-0.3, -0.25) is 14.9 Å². The number of rotatable bonds is 5. The number of nitro groups is 1. The van der Waals surface area contributed by atoms with Gasteiger partial charge >= 0.3 is 5.69 Å². The number of nitrogens with one attached hydrogen (secondary N) is 1. The molecule has 1 aliphatic rings. The van der Waals surface area contributed by atoms with E-state index < -0.39 is 4.92 Å². The highest BCUT2D eigenvalue weighted by atomic mass is 32.2. The quantitative estimate of drug-likeness (QED) is 0.279. The Morgan fingerprint density at radius 3 is 2.67 bits per heavy atom. The van der Waals surface area contributed by atoms with Crippen LogP contribution in [0, 0.1) is 10.1 Å². The summed E-state index contributed by atoms with van der Waals surface area (Å²) in [5.41, 5.74) is 2.28. The molecule has 30 heavy (non-hydrogen) atoms. The van der Waals surface area contributed by atoms with Crippen LogP contribution in [-0.2, 0) is 4.79 Å². The normalized spacial score (nSPS) is 14.8. The van der Waals surface area contributed by atoms with Crippen LogP contribution >= 0.6 is 24.0 Å². The molecule has 10 heteroatoms. The largest absolute Gasteiger partial charge is 0.490 e. The minimum atomic E-state index is -0.507. The minimum Gasteiger partial charge on any atom is -0.490 e. The average molecular weight is 438 g/mol. The zero-order valence-corrected chi connectivity index (χ0v) is 17.2. The van der Waals surface area contributed by atoms with Crippen molar-refractivity contribution in [3.8, 4) is 22.7 Å². The lowest BCUT2D eigenvalue weighted by Gasteiger charge is -2.04. The summed E-state index contributed by atoms with van der Waals surface area (Å²) in [6.45, 7) is 0. The molecule has 0 atom stereocenters. The third kappa shape index (κ3) is 3.82. The SMILES string of the molecule is COc1ccc(-c2nn(-c3ccccc3)cc2/C=C2/SC(=S)NC2=O)cc1[N+](=O)[O-]. The van der Waals surface area contributed by atoms with Crippen LogP contribution in [0.4, 0.5) is 5.69 Å². The van der Waals surface area contributed by atoms with Crippen LogP contribution in [0.15, 0.2) is 59.6 Å². The summed E-state index contributed by atoms with van der Waals surface area (Å²) in [5, 5.41) is 18.7. The number of benzene rings is 2. The average Bonchev–Trinajstić information content (AvgIpc) is 3.31. The van der Waals surface area contributed by atoms with Gasteiger partial charge in [0.25, 0.3) is 5.91 Å². The Morgan fingerprint density at radius 1 is 1.27 bits per heavy atom. The van der Waals surface area contributed by atoms with Gasteiger partial charge in [-0.1, -0.05) is 42.2 Å². The van der Waals surface area contributed by atoms with Gasteiger partial charge in [0.2, 0.25) is 0 Å². The Kier molecular flexibility index (Phi) is 5.34. The number of hydrogen-bond acceptors (Lipinski definition) is 7. The minimum absolute atomic E-state index is 0.155. The summed E-state index contributed by atoms with van der Waals surface area (Å²) in [7, 11) is 1.38. The number of thiocarbonyl (C=S) groups is 1. The number of carbonyl (C=O) groups excluding carboxylic acids is 1. The van der Waals surface area contributed by atoms with Gasteiger partial charge in [-0.15, -0.1) is 0 Å². The van der Waals surface area contributed by atoms with Crippen molar-refractivity contribution in [2.45, 2.75) is 0 Å². The Balaban J connectivity index is 1.88. The number of aromatic nitrogens is 2. The number of thioether (sulfide) groups is 1. The molecule has 8 nitrogen and oxygen atoms in total. The van der Waals surface area contributed by atoms with Crippen molar-refractivity contribution in [1.82, 2.24) is 15.1 Å². The van der Waals surface area contributed by atoms with E-state index in [9.17, 15) is 14.9 Å². The molecule has 1 fully saturated rings. The van der Waals surface area contributed by atoms with Crippen molar-refractivity contribution >= 4 is 46.0 Å². The highest BCUT2D eigenvalue weighted by molar-refractivity contribution is 8.26. The van der Waals surface area contributed by atoms with Crippen LogP contribution in [0.25, 0.3) is 23.0 Å². The fraction of sp³-hybridized carbons (Fsp3) is 0.0500. The molecule has 1 amide bonds. The Hall–Kier alpha value is -3.50. The summed E-state index contributed by atoms with van der Waals surface area (Å²) < 4.78 is 7.12. The zero-order valence-electron chi connectivity index (χ0n) is 15.6. The maximum absolute atomic E-state index is 12.1. The highest BCUT2D eigenvalue weighted by Gasteiger charge is 2.24. The van der Waals surface area contributed by atoms with Gasteiger partial charge in [-0.05, 0) is 30.3 Å². The molecule has 4 rings (SSSR count). The van der Waals surface area contributed by atoms with E-state index in [0.717, 1.165) is 17.4 Å². The van der Waals surface area contributed by atoms with Crippen molar-refractivity contribution in [3.05, 3.63) is 75.3 Å². The summed E-state index contributed by atoms with van der Waals surface area (Å²) >= 11 is 6.21. The van der Waals surface area contributed by atoms with Gasteiger partial charge in [-0.2, -0.15) is 5.10 Å². The maximum atomic E-state index is 12.1. The number of para-hydroxylation sites is 1. The van der Waals surface area contributed by atoms with E-state index >= 15 is 0 Å². The predicted octanol–water partition coefficient (Wildman–Crippen LogP) is 3.94. The zero-order chi connectivity index (χ0) is 21.3. The summed E-state index contributed by atoms with van der Waals surface area (Å²) in [6.07, 6.45) is 3.44. The summed E-state index contributed by atoms with van der Waals surface area (Å²) in [4.78, 5) is 23.5. The van der Waals surface area contributed by atoms with E-state index in [1.165, 1.54) is 19.2 Å².